The van der Waals surface area contributed by atoms with Crippen LogP contribution in [0.4, 0.5) is 5.00 Å². The van der Waals surface area contributed by atoms with Gasteiger partial charge in [-0.05, 0) is 12.6 Å². The van der Waals surface area contributed by atoms with Crippen LogP contribution in [0.25, 0.3) is 0 Å². The number of hydrogen-bond donors (Lipinski definition) is 1. The zero-order valence-corrected chi connectivity index (χ0v) is 11.8. The molecule has 1 atom stereocenters. The first-order valence-corrected chi connectivity index (χ1v) is 7.28. The maximum Gasteiger partial charge on any atom is 0.324 e. The molecule has 7 heteroatoms. The van der Waals surface area contributed by atoms with Gasteiger partial charge in [-0.1, -0.05) is 18.3 Å². The van der Waals surface area contributed by atoms with Crippen LogP contribution in [0, 0.1) is 10.1 Å². The Morgan fingerprint density at radius 3 is 3.16 bits per heavy atom. The highest BCUT2D eigenvalue weighted by atomic mass is 32.1. The van der Waals surface area contributed by atoms with E-state index in [4.69, 9.17) is 4.74 Å². The standard InChI is InChI=1S/C12H19N3O3S/c1-2-14-5-6-18-10(9-14)7-13-8-11-3-4-12(19-11)15(16)17/h3-4,10,13H,2,5-9H2,1H3. The summed E-state index contributed by atoms with van der Waals surface area (Å²) < 4.78 is 5.68. The van der Waals surface area contributed by atoms with Crippen LogP contribution in [0.3, 0.4) is 0 Å². The molecule has 19 heavy (non-hydrogen) atoms. The molecule has 0 aromatic carbocycles. The highest BCUT2D eigenvalue weighted by molar-refractivity contribution is 7.15. The summed E-state index contributed by atoms with van der Waals surface area (Å²) in [6.07, 6.45) is 0.212. The lowest BCUT2D eigenvalue weighted by Crippen LogP contribution is -2.46. The van der Waals surface area contributed by atoms with Crippen LogP contribution in [0.1, 0.15) is 11.8 Å². The van der Waals surface area contributed by atoms with Gasteiger partial charge < -0.3 is 10.1 Å². The number of ether oxygens (including phenoxy) is 1. The lowest BCUT2D eigenvalue weighted by atomic mass is 10.2. The van der Waals surface area contributed by atoms with Gasteiger partial charge in [0, 0.05) is 37.1 Å². The molecule has 0 amide bonds. The second-order valence-corrected chi connectivity index (χ2v) is 5.66. The Morgan fingerprint density at radius 2 is 2.47 bits per heavy atom. The Bertz CT molecular complexity index is 424. The Hall–Kier alpha value is -1.02. The van der Waals surface area contributed by atoms with Gasteiger partial charge in [-0.25, -0.2) is 0 Å². The van der Waals surface area contributed by atoms with Crippen molar-refractivity contribution in [2.45, 2.75) is 19.6 Å². The van der Waals surface area contributed by atoms with E-state index in [9.17, 15) is 10.1 Å². The Balaban J connectivity index is 1.72. The van der Waals surface area contributed by atoms with E-state index < -0.39 is 0 Å². The van der Waals surface area contributed by atoms with Crippen molar-refractivity contribution >= 4 is 16.3 Å². The SMILES string of the molecule is CCN1CCOC(CNCc2ccc([N+](=O)[O-])s2)C1. The molecule has 106 valence electrons. The molecule has 1 aromatic heterocycles. The Labute approximate surface area is 116 Å². The zero-order chi connectivity index (χ0) is 13.7. The number of rotatable bonds is 6. The van der Waals surface area contributed by atoms with Crippen LogP contribution in [-0.4, -0.2) is 48.7 Å². The van der Waals surface area contributed by atoms with Crippen molar-refractivity contribution in [2.24, 2.45) is 0 Å². The number of nitro groups is 1. The third-order valence-electron chi connectivity index (χ3n) is 3.17. The van der Waals surface area contributed by atoms with Gasteiger partial charge >= 0.3 is 5.00 Å². The van der Waals surface area contributed by atoms with Gasteiger partial charge in [0.05, 0.1) is 17.6 Å². The van der Waals surface area contributed by atoms with E-state index in [0.717, 1.165) is 37.7 Å². The molecule has 1 fully saturated rings. The molecule has 1 saturated heterocycles. The molecule has 0 radical (unpaired) electrons. The fraction of sp³-hybridized carbons (Fsp3) is 0.667. The first kappa shape index (κ1) is 14.4. The molecule has 0 aliphatic carbocycles. The third kappa shape index (κ3) is 4.24. The molecule has 1 aliphatic rings. The minimum atomic E-state index is -0.350. The molecule has 1 unspecified atom stereocenters. The van der Waals surface area contributed by atoms with Gasteiger partial charge in [-0.15, -0.1) is 0 Å². The van der Waals surface area contributed by atoms with E-state index in [1.54, 1.807) is 12.1 Å². The van der Waals surface area contributed by atoms with Gasteiger partial charge in [-0.2, -0.15) is 0 Å². The second-order valence-electron chi connectivity index (χ2n) is 4.51. The first-order chi connectivity index (χ1) is 9.19. The van der Waals surface area contributed by atoms with Crippen LogP contribution in [0.5, 0.6) is 0 Å². The number of thiophene rings is 1. The van der Waals surface area contributed by atoms with E-state index in [2.05, 4.69) is 17.1 Å². The summed E-state index contributed by atoms with van der Waals surface area (Å²) in [7, 11) is 0. The van der Waals surface area contributed by atoms with E-state index >= 15 is 0 Å². The highest BCUT2D eigenvalue weighted by Crippen LogP contribution is 2.23. The fourth-order valence-corrected chi connectivity index (χ4v) is 2.90. The molecule has 1 N–H and O–H groups in total. The smallest absolute Gasteiger partial charge is 0.324 e. The predicted octanol–water partition coefficient (Wildman–Crippen LogP) is 1.47. The average molecular weight is 285 g/mol. The molecular weight excluding hydrogens is 266 g/mol. The van der Waals surface area contributed by atoms with E-state index in [1.165, 1.54) is 11.3 Å². The number of likely N-dealkylation sites (N-methyl/N-ethyl adjacent to an activating group) is 1. The van der Waals surface area contributed by atoms with Gasteiger partial charge in [0.15, 0.2) is 0 Å². The predicted molar refractivity (Wildman–Crippen MR) is 74.5 cm³/mol. The number of nitrogens with one attached hydrogen (secondary N) is 1. The van der Waals surface area contributed by atoms with Gasteiger partial charge in [0.1, 0.15) is 0 Å². The largest absolute Gasteiger partial charge is 0.374 e. The Morgan fingerprint density at radius 1 is 1.63 bits per heavy atom. The molecule has 1 aromatic rings. The minimum absolute atomic E-state index is 0.197. The second kappa shape index (κ2) is 6.95. The van der Waals surface area contributed by atoms with Gasteiger partial charge in [0.2, 0.25) is 0 Å². The zero-order valence-electron chi connectivity index (χ0n) is 11.0. The normalized spacial score (nSPS) is 20.6. The summed E-state index contributed by atoms with van der Waals surface area (Å²) in [5.74, 6) is 0. The number of hydrogen-bond acceptors (Lipinski definition) is 6. The number of morpholine rings is 1. The number of nitrogens with zero attached hydrogens (tertiary/aromatic N) is 2. The summed E-state index contributed by atoms with van der Waals surface area (Å²) in [6, 6.07) is 3.35. The van der Waals surface area contributed by atoms with Gasteiger partial charge in [-0.3, -0.25) is 15.0 Å². The quantitative estimate of drug-likeness (QED) is 0.633. The summed E-state index contributed by atoms with van der Waals surface area (Å²) in [5.41, 5.74) is 0. The molecule has 6 nitrogen and oxygen atoms in total. The monoisotopic (exact) mass is 285 g/mol. The van der Waals surface area contributed by atoms with Crippen LogP contribution in [-0.2, 0) is 11.3 Å². The summed E-state index contributed by atoms with van der Waals surface area (Å²) >= 11 is 1.22. The van der Waals surface area contributed by atoms with E-state index in [1.807, 2.05) is 0 Å². The van der Waals surface area contributed by atoms with Crippen molar-refractivity contribution in [3.8, 4) is 0 Å². The molecular formula is C12H19N3O3S. The van der Waals surface area contributed by atoms with Crippen molar-refractivity contribution in [3.05, 3.63) is 27.1 Å². The first-order valence-electron chi connectivity index (χ1n) is 6.47. The maximum absolute atomic E-state index is 10.6. The molecule has 0 saturated carbocycles. The molecule has 2 heterocycles. The van der Waals surface area contributed by atoms with Crippen molar-refractivity contribution < 1.29 is 9.66 Å². The van der Waals surface area contributed by atoms with Crippen molar-refractivity contribution in [2.75, 3.05) is 32.8 Å². The van der Waals surface area contributed by atoms with Gasteiger partial charge in [0.25, 0.3) is 0 Å². The molecule has 2 rings (SSSR count). The third-order valence-corrected chi connectivity index (χ3v) is 4.21. The highest BCUT2D eigenvalue weighted by Gasteiger charge is 2.18. The summed E-state index contributed by atoms with van der Waals surface area (Å²) in [4.78, 5) is 13.6. The van der Waals surface area contributed by atoms with E-state index in [0.29, 0.717) is 6.54 Å². The summed E-state index contributed by atoms with van der Waals surface area (Å²) in [5, 5.41) is 14.1. The van der Waals surface area contributed by atoms with Crippen molar-refractivity contribution in [1.82, 2.24) is 10.2 Å². The van der Waals surface area contributed by atoms with Crippen LogP contribution >= 0.6 is 11.3 Å². The lowest BCUT2D eigenvalue weighted by molar-refractivity contribution is -0.380. The Kier molecular flexibility index (Phi) is 5.26. The van der Waals surface area contributed by atoms with Crippen LogP contribution in [0.2, 0.25) is 0 Å². The maximum atomic E-state index is 10.6. The van der Waals surface area contributed by atoms with Crippen LogP contribution < -0.4 is 5.32 Å². The molecule has 0 bridgehead atoms. The van der Waals surface area contributed by atoms with Crippen molar-refractivity contribution in [3.63, 3.8) is 0 Å². The average Bonchev–Trinajstić information content (AvgIpc) is 2.88. The summed E-state index contributed by atoms with van der Waals surface area (Å²) in [6.45, 7) is 7.38. The lowest BCUT2D eigenvalue weighted by Gasteiger charge is -2.32. The van der Waals surface area contributed by atoms with Crippen molar-refractivity contribution in [1.29, 1.82) is 0 Å². The fourth-order valence-electron chi connectivity index (χ4n) is 2.11. The topological polar surface area (TPSA) is 67.6 Å². The molecule has 0 spiro atoms. The van der Waals surface area contributed by atoms with Crippen LogP contribution in [0.15, 0.2) is 12.1 Å². The molecule has 1 aliphatic heterocycles. The minimum Gasteiger partial charge on any atom is -0.374 e. The van der Waals surface area contributed by atoms with E-state index in [-0.39, 0.29) is 16.0 Å².